The first-order valence-corrected chi connectivity index (χ1v) is 4.44. The molecule has 7 nitrogen and oxygen atoms in total. The molecule has 15 heavy (non-hydrogen) atoms. The van der Waals surface area contributed by atoms with E-state index in [0.29, 0.717) is 0 Å². The lowest BCUT2D eigenvalue weighted by Crippen LogP contribution is -2.41. The smallest absolute Gasteiger partial charge is 0.409 e. The van der Waals surface area contributed by atoms with Crippen LogP contribution in [0.4, 0.5) is 4.79 Å². The molecule has 0 spiro atoms. The summed E-state index contributed by atoms with van der Waals surface area (Å²) in [6.45, 7) is 0. The predicted molar refractivity (Wildman–Crippen MR) is 48.6 cm³/mol. The minimum absolute atomic E-state index is 0.220. The van der Waals surface area contributed by atoms with Crippen molar-refractivity contribution < 1.29 is 29.3 Å². The zero-order chi connectivity index (χ0) is 11.8. The third-order valence-corrected chi connectivity index (χ3v) is 1.53. The lowest BCUT2D eigenvalue weighted by atomic mass is 10.1. The molecule has 0 bridgehead atoms. The van der Waals surface area contributed by atoms with E-state index in [1.165, 1.54) is 0 Å². The van der Waals surface area contributed by atoms with E-state index in [0.717, 1.165) is 0 Å². The monoisotopic (exact) mass is 239 g/mol. The molecule has 0 aliphatic carbocycles. The summed E-state index contributed by atoms with van der Waals surface area (Å²) in [7, 11) is 0. The third-order valence-electron chi connectivity index (χ3n) is 1.42. The highest BCUT2D eigenvalue weighted by Crippen LogP contribution is 1.98. The van der Waals surface area contributed by atoms with Crippen molar-refractivity contribution in [1.82, 2.24) is 5.32 Å². The zero-order valence-corrected chi connectivity index (χ0v) is 8.36. The number of alkyl carbamates (subject to hydrolysis) is 1. The normalized spacial score (nSPS) is 11.5. The summed E-state index contributed by atoms with van der Waals surface area (Å²) in [5, 5.41) is 18.9. The summed E-state index contributed by atoms with van der Waals surface area (Å²) in [6, 6.07) is -1.70. The van der Waals surface area contributed by atoms with Gasteiger partial charge in [-0.25, -0.2) is 9.59 Å². The second kappa shape index (κ2) is 6.88. The first-order valence-electron chi connectivity index (χ1n) is 3.91. The average molecular weight is 240 g/mol. The highest BCUT2D eigenvalue weighted by Gasteiger charge is 2.21. The van der Waals surface area contributed by atoms with Crippen LogP contribution >= 0.6 is 11.6 Å². The molecule has 8 heteroatoms. The molecule has 0 aromatic carbocycles. The Hall–Kier alpha value is -1.50. The summed E-state index contributed by atoms with van der Waals surface area (Å²) in [5.41, 5.74) is 0. The first kappa shape index (κ1) is 13.5. The van der Waals surface area contributed by atoms with Crippen molar-refractivity contribution in [2.24, 2.45) is 0 Å². The highest BCUT2D eigenvalue weighted by molar-refractivity contribution is 6.17. The molecule has 0 aliphatic rings. The summed E-state index contributed by atoms with van der Waals surface area (Å²) in [5.74, 6) is -2.48. The molecule has 1 unspecified atom stereocenters. The number of ether oxygens (including phenoxy) is 1. The fourth-order valence-electron chi connectivity index (χ4n) is 0.759. The molecule has 0 fully saturated rings. The number of hydrogen-bond donors (Lipinski definition) is 3. The molecule has 0 radical (unpaired) electrons. The molecule has 3 N–H and O–H groups in total. The predicted octanol–water partition coefficient (Wildman–Crippen LogP) is 0.227. The molecular formula is C7H10ClNO6. The third kappa shape index (κ3) is 6.55. The van der Waals surface area contributed by atoms with Crippen LogP contribution in [0.25, 0.3) is 0 Å². The van der Waals surface area contributed by atoms with Gasteiger partial charge in [-0.15, -0.1) is 0 Å². The Labute approximate surface area is 90.0 Å². The molecule has 0 aromatic rings. The molecule has 1 atom stereocenters. The van der Waals surface area contributed by atoms with Gasteiger partial charge in [-0.05, 0) is 6.42 Å². The van der Waals surface area contributed by atoms with E-state index < -0.39 is 30.1 Å². The fraction of sp³-hybridized carbons (Fsp3) is 0.571. The average Bonchev–Trinajstić information content (AvgIpc) is 2.11. The second-order valence-corrected chi connectivity index (χ2v) is 2.73. The maximum atomic E-state index is 10.8. The summed E-state index contributed by atoms with van der Waals surface area (Å²) in [4.78, 5) is 31.5. The Balaban J connectivity index is 4.10. The fourth-order valence-corrected chi connectivity index (χ4v) is 0.858. The van der Waals surface area contributed by atoms with Gasteiger partial charge in [-0.2, -0.15) is 0 Å². The number of amides is 1. The van der Waals surface area contributed by atoms with E-state index in [2.05, 4.69) is 4.74 Å². The Kier molecular flexibility index (Phi) is 6.19. The molecular weight excluding hydrogens is 230 g/mol. The van der Waals surface area contributed by atoms with Crippen LogP contribution in [0.1, 0.15) is 12.8 Å². The van der Waals surface area contributed by atoms with Crippen LogP contribution in [0.2, 0.25) is 0 Å². The van der Waals surface area contributed by atoms with E-state index in [1.807, 2.05) is 5.32 Å². The molecule has 0 heterocycles. The van der Waals surface area contributed by atoms with Gasteiger partial charge in [0.15, 0.2) is 6.07 Å². The van der Waals surface area contributed by atoms with Gasteiger partial charge in [0.1, 0.15) is 6.04 Å². The Bertz CT molecular complexity index is 256. The van der Waals surface area contributed by atoms with Gasteiger partial charge in [0.25, 0.3) is 0 Å². The van der Waals surface area contributed by atoms with Crippen molar-refractivity contribution in [1.29, 1.82) is 0 Å². The van der Waals surface area contributed by atoms with E-state index in [1.54, 1.807) is 0 Å². The topological polar surface area (TPSA) is 113 Å². The van der Waals surface area contributed by atoms with Gasteiger partial charge in [0.2, 0.25) is 0 Å². The standard InChI is InChI=1S/C7H10ClNO6/c8-3-15-7(14)9-4(6(12)13)1-2-5(10)11/h4H,1-3H2,(H,9,14)(H,10,11)(H,12,13). The second-order valence-electron chi connectivity index (χ2n) is 2.51. The number of carbonyl (C=O) groups is 3. The van der Waals surface area contributed by atoms with Gasteiger partial charge in [-0.1, -0.05) is 11.6 Å². The molecule has 0 rings (SSSR count). The van der Waals surface area contributed by atoms with E-state index in [-0.39, 0.29) is 12.8 Å². The van der Waals surface area contributed by atoms with Crippen LogP contribution in [-0.4, -0.2) is 40.4 Å². The summed E-state index contributed by atoms with van der Waals surface area (Å²) < 4.78 is 4.23. The first-order chi connectivity index (χ1) is 6.97. The van der Waals surface area contributed by atoms with Gasteiger partial charge in [0, 0.05) is 6.42 Å². The van der Waals surface area contributed by atoms with Crippen molar-refractivity contribution in [3.63, 3.8) is 0 Å². The Morgan fingerprint density at radius 2 is 1.93 bits per heavy atom. The number of carboxylic acid groups (broad SMARTS) is 2. The lowest BCUT2D eigenvalue weighted by Gasteiger charge is -2.12. The number of alkyl halides is 1. The molecule has 0 aliphatic heterocycles. The van der Waals surface area contributed by atoms with Crippen molar-refractivity contribution in [2.45, 2.75) is 18.9 Å². The molecule has 0 aromatic heterocycles. The number of nitrogens with one attached hydrogen (secondary N) is 1. The van der Waals surface area contributed by atoms with Gasteiger partial charge in [-0.3, -0.25) is 4.79 Å². The van der Waals surface area contributed by atoms with Gasteiger partial charge < -0.3 is 20.3 Å². The number of halogens is 1. The zero-order valence-electron chi connectivity index (χ0n) is 7.60. The summed E-state index contributed by atoms with van der Waals surface area (Å²) >= 11 is 5.06. The van der Waals surface area contributed by atoms with Crippen molar-refractivity contribution in [3.05, 3.63) is 0 Å². The molecule has 1 amide bonds. The van der Waals surface area contributed by atoms with Gasteiger partial charge in [0.05, 0.1) is 0 Å². The number of carbonyl (C=O) groups excluding carboxylic acids is 1. The van der Waals surface area contributed by atoms with E-state index >= 15 is 0 Å². The van der Waals surface area contributed by atoms with Crippen molar-refractivity contribution >= 4 is 29.6 Å². The van der Waals surface area contributed by atoms with Crippen LogP contribution in [0.5, 0.6) is 0 Å². The van der Waals surface area contributed by atoms with Crippen molar-refractivity contribution in [2.75, 3.05) is 6.07 Å². The number of hydrogen-bond acceptors (Lipinski definition) is 4. The van der Waals surface area contributed by atoms with Crippen LogP contribution in [-0.2, 0) is 14.3 Å². The Morgan fingerprint density at radius 3 is 2.33 bits per heavy atom. The minimum Gasteiger partial charge on any atom is -0.481 e. The maximum Gasteiger partial charge on any atom is 0.409 e. The number of rotatable bonds is 6. The minimum atomic E-state index is -1.33. The van der Waals surface area contributed by atoms with Gasteiger partial charge >= 0.3 is 18.0 Å². The van der Waals surface area contributed by atoms with Crippen LogP contribution < -0.4 is 5.32 Å². The summed E-state index contributed by atoms with van der Waals surface area (Å²) in [6.07, 6.45) is -1.58. The van der Waals surface area contributed by atoms with Crippen LogP contribution in [0, 0.1) is 0 Å². The number of carboxylic acids is 2. The maximum absolute atomic E-state index is 10.8. The van der Waals surface area contributed by atoms with Crippen molar-refractivity contribution in [3.8, 4) is 0 Å². The Morgan fingerprint density at radius 1 is 1.33 bits per heavy atom. The van der Waals surface area contributed by atoms with Crippen LogP contribution in [0.3, 0.4) is 0 Å². The largest absolute Gasteiger partial charge is 0.481 e. The molecule has 86 valence electrons. The molecule has 0 saturated carbocycles. The van der Waals surface area contributed by atoms with E-state index in [4.69, 9.17) is 21.8 Å². The SMILES string of the molecule is O=C(O)CCC(NC(=O)OCCl)C(=O)O. The number of aliphatic carboxylic acids is 2. The highest BCUT2D eigenvalue weighted by atomic mass is 35.5. The molecule has 0 saturated heterocycles. The van der Waals surface area contributed by atoms with E-state index in [9.17, 15) is 14.4 Å². The quantitative estimate of drug-likeness (QED) is 0.572. The lowest BCUT2D eigenvalue weighted by molar-refractivity contribution is -0.140. The van der Waals surface area contributed by atoms with Crippen LogP contribution in [0.15, 0.2) is 0 Å².